The Morgan fingerprint density at radius 3 is 2.54 bits per heavy atom. The maximum atomic E-state index is 12.0. The number of likely N-dealkylation sites (N-methyl/N-ethyl adjacent to an activating group) is 1. The third kappa shape index (κ3) is 4.25. The Morgan fingerprint density at radius 2 is 1.83 bits per heavy atom. The molecule has 1 amide bonds. The summed E-state index contributed by atoms with van der Waals surface area (Å²) in [7, 11) is 4.55. The minimum atomic E-state index is -0.328. The Balaban J connectivity index is 2.25. The molecule has 0 bridgehead atoms. The van der Waals surface area contributed by atoms with Crippen molar-refractivity contribution in [1.82, 2.24) is 5.32 Å². The molecule has 0 fully saturated rings. The number of benzene rings is 2. The van der Waals surface area contributed by atoms with Crippen LogP contribution in [0.1, 0.15) is 11.1 Å². The number of ether oxygens (including phenoxy) is 2. The number of hydrogen-bond donors (Lipinski definition) is 1. The van der Waals surface area contributed by atoms with E-state index in [1.165, 1.54) is 7.11 Å². The minimum absolute atomic E-state index is 0.199. The maximum Gasteiger partial charge on any atom is 0.273 e. The van der Waals surface area contributed by atoms with Crippen LogP contribution >= 0.6 is 0 Å². The summed E-state index contributed by atoms with van der Waals surface area (Å²) in [4.78, 5) is 16.8. The molecule has 6 nitrogen and oxygen atoms in total. The summed E-state index contributed by atoms with van der Waals surface area (Å²) in [5, 5.41) is 6.39. The topological polar surface area (TPSA) is 69.2 Å². The van der Waals surface area contributed by atoms with Gasteiger partial charge in [-0.2, -0.15) is 0 Å². The average Bonchev–Trinajstić information content (AvgIpc) is 2.64. The van der Waals surface area contributed by atoms with Crippen LogP contribution in [0.25, 0.3) is 0 Å². The Hall–Kier alpha value is -3.02. The number of nitrogens with one attached hydrogen (secondary N) is 1. The first-order valence-electron chi connectivity index (χ1n) is 7.38. The fourth-order valence-electron chi connectivity index (χ4n) is 2.15. The second-order valence-corrected chi connectivity index (χ2v) is 4.83. The van der Waals surface area contributed by atoms with E-state index in [0.29, 0.717) is 17.1 Å². The lowest BCUT2D eigenvalue weighted by molar-refractivity contribution is -0.114. The van der Waals surface area contributed by atoms with E-state index in [-0.39, 0.29) is 18.2 Å². The third-order valence-electron chi connectivity index (χ3n) is 3.33. The van der Waals surface area contributed by atoms with Crippen LogP contribution in [0.2, 0.25) is 0 Å². The van der Waals surface area contributed by atoms with Gasteiger partial charge in [-0.15, -0.1) is 0 Å². The molecule has 0 atom stereocenters. The molecular weight excluding hydrogens is 308 g/mol. The summed E-state index contributed by atoms with van der Waals surface area (Å²) in [5.74, 6) is 1.06. The van der Waals surface area contributed by atoms with Gasteiger partial charge in [-0.3, -0.25) is 4.79 Å². The molecule has 0 aliphatic heterocycles. The van der Waals surface area contributed by atoms with Gasteiger partial charge in [0.1, 0.15) is 25.2 Å². The summed E-state index contributed by atoms with van der Waals surface area (Å²) >= 11 is 0. The maximum absolute atomic E-state index is 12.0. The van der Waals surface area contributed by atoms with Crippen molar-refractivity contribution in [2.24, 2.45) is 5.16 Å². The average molecular weight is 328 g/mol. The molecule has 1 N–H and O–H groups in total. The van der Waals surface area contributed by atoms with Crippen LogP contribution in [0.3, 0.4) is 0 Å². The Bertz CT molecular complexity index is 728. The zero-order valence-electron chi connectivity index (χ0n) is 13.9. The van der Waals surface area contributed by atoms with Gasteiger partial charge in [0.05, 0.1) is 7.11 Å². The molecule has 0 aromatic heterocycles. The molecule has 0 heterocycles. The van der Waals surface area contributed by atoms with Crippen molar-refractivity contribution in [2.45, 2.75) is 6.61 Å². The van der Waals surface area contributed by atoms with Crippen molar-refractivity contribution in [3.05, 3.63) is 59.7 Å². The molecule has 0 aliphatic rings. The summed E-state index contributed by atoms with van der Waals surface area (Å²) < 4.78 is 11.0. The highest BCUT2D eigenvalue weighted by molar-refractivity contribution is 6.45. The smallest absolute Gasteiger partial charge is 0.273 e. The highest BCUT2D eigenvalue weighted by Gasteiger charge is 2.17. The van der Waals surface area contributed by atoms with Crippen molar-refractivity contribution in [3.8, 4) is 11.5 Å². The molecule has 0 spiro atoms. The van der Waals surface area contributed by atoms with Gasteiger partial charge < -0.3 is 19.6 Å². The Labute approximate surface area is 141 Å². The summed E-state index contributed by atoms with van der Waals surface area (Å²) in [6.45, 7) is 0.281. The predicted octanol–water partition coefficient (Wildman–Crippen LogP) is 2.37. The summed E-state index contributed by atoms with van der Waals surface area (Å²) in [6.07, 6.45) is 0. The summed E-state index contributed by atoms with van der Waals surface area (Å²) in [6, 6.07) is 14.7. The zero-order chi connectivity index (χ0) is 17.4. The van der Waals surface area contributed by atoms with Crippen molar-refractivity contribution in [3.63, 3.8) is 0 Å². The number of nitrogens with zero attached hydrogens (tertiary/aromatic N) is 1. The Kier molecular flexibility index (Phi) is 6.19. The zero-order valence-corrected chi connectivity index (χ0v) is 13.9. The largest absolute Gasteiger partial charge is 0.497 e. The molecule has 0 unspecified atom stereocenters. The second kappa shape index (κ2) is 8.57. The molecule has 126 valence electrons. The van der Waals surface area contributed by atoms with Gasteiger partial charge in [0.15, 0.2) is 5.71 Å². The van der Waals surface area contributed by atoms with E-state index in [9.17, 15) is 4.79 Å². The van der Waals surface area contributed by atoms with Gasteiger partial charge >= 0.3 is 0 Å². The van der Waals surface area contributed by atoms with Crippen molar-refractivity contribution in [2.75, 3.05) is 21.3 Å². The molecule has 0 saturated carbocycles. The number of rotatable bonds is 7. The quantitative estimate of drug-likeness (QED) is 0.626. The number of methoxy groups -OCH3 is 1. The van der Waals surface area contributed by atoms with Crippen molar-refractivity contribution >= 4 is 11.6 Å². The van der Waals surface area contributed by atoms with Crippen molar-refractivity contribution in [1.29, 1.82) is 0 Å². The Morgan fingerprint density at radius 1 is 1.08 bits per heavy atom. The number of carbonyl (C=O) groups is 1. The fraction of sp³-hybridized carbons (Fsp3) is 0.222. The van der Waals surface area contributed by atoms with E-state index in [0.717, 1.165) is 5.56 Å². The number of carbonyl (C=O) groups excluding carboxylic acids is 1. The molecule has 0 aliphatic carbocycles. The number of oxime groups is 1. The molecular formula is C18H20N2O4. The number of hydrogen-bond acceptors (Lipinski definition) is 5. The highest BCUT2D eigenvalue weighted by Crippen LogP contribution is 2.21. The first kappa shape index (κ1) is 17.3. The molecule has 0 saturated heterocycles. The fourth-order valence-corrected chi connectivity index (χ4v) is 2.15. The van der Waals surface area contributed by atoms with Gasteiger partial charge in [0, 0.05) is 18.7 Å². The molecule has 2 rings (SSSR count). The molecule has 2 aromatic carbocycles. The van der Waals surface area contributed by atoms with Crippen LogP contribution in [0.5, 0.6) is 11.5 Å². The van der Waals surface area contributed by atoms with Crippen molar-refractivity contribution < 1.29 is 19.1 Å². The van der Waals surface area contributed by atoms with Gasteiger partial charge in [-0.1, -0.05) is 35.5 Å². The molecule has 6 heteroatoms. The van der Waals surface area contributed by atoms with Crippen LogP contribution in [-0.2, 0) is 16.2 Å². The van der Waals surface area contributed by atoms with Crippen LogP contribution in [-0.4, -0.2) is 32.9 Å². The van der Waals surface area contributed by atoms with Gasteiger partial charge in [0.2, 0.25) is 0 Å². The van der Waals surface area contributed by atoms with Crippen LogP contribution in [0, 0.1) is 0 Å². The standard InChI is InChI=1S/C18H20N2O4/c1-19-18(21)17(20-23-3)16-10-5-4-7-13(16)12-24-15-9-6-8-14(11-15)22-2/h4-11H,12H2,1-3H3,(H,19,21)/b20-17-. The van der Waals surface area contributed by atoms with Gasteiger partial charge in [-0.05, 0) is 17.7 Å². The molecule has 2 aromatic rings. The molecule has 0 radical (unpaired) electrons. The number of amides is 1. The van der Waals surface area contributed by atoms with E-state index in [1.807, 2.05) is 36.4 Å². The molecule has 24 heavy (non-hydrogen) atoms. The SMILES string of the molecule is CNC(=O)/C(=N\OC)c1ccccc1COc1cccc(OC)c1. The second-order valence-electron chi connectivity index (χ2n) is 4.83. The lowest BCUT2D eigenvalue weighted by Gasteiger charge is -2.12. The van der Waals surface area contributed by atoms with Crippen LogP contribution in [0.4, 0.5) is 0 Å². The summed E-state index contributed by atoms with van der Waals surface area (Å²) in [5.41, 5.74) is 1.67. The van der Waals surface area contributed by atoms with E-state index in [2.05, 4.69) is 10.5 Å². The normalized spacial score (nSPS) is 10.9. The van der Waals surface area contributed by atoms with Gasteiger partial charge in [-0.25, -0.2) is 0 Å². The first-order chi connectivity index (χ1) is 11.7. The lowest BCUT2D eigenvalue weighted by Crippen LogP contribution is -2.29. The minimum Gasteiger partial charge on any atom is -0.497 e. The van der Waals surface area contributed by atoms with E-state index in [4.69, 9.17) is 14.3 Å². The highest BCUT2D eigenvalue weighted by atomic mass is 16.6. The van der Waals surface area contributed by atoms with Crippen LogP contribution < -0.4 is 14.8 Å². The first-order valence-corrected chi connectivity index (χ1v) is 7.38. The van der Waals surface area contributed by atoms with Gasteiger partial charge in [0.25, 0.3) is 5.91 Å². The van der Waals surface area contributed by atoms with Crippen LogP contribution in [0.15, 0.2) is 53.7 Å². The van der Waals surface area contributed by atoms with E-state index >= 15 is 0 Å². The predicted molar refractivity (Wildman–Crippen MR) is 91.4 cm³/mol. The lowest BCUT2D eigenvalue weighted by atomic mass is 10.0. The van der Waals surface area contributed by atoms with E-state index in [1.54, 1.807) is 26.3 Å². The monoisotopic (exact) mass is 328 g/mol. The third-order valence-corrected chi connectivity index (χ3v) is 3.33. The van der Waals surface area contributed by atoms with E-state index < -0.39 is 0 Å².